The molecule has 112 valence electrons. The Morgan fingerprint density at radius 3 is 2.37 bits per heavy atom. The number of nitrogens with one attached hydrogen (secondary N) is 2. The second-order valence-corrected chi connectivity index (χ2v) is 6.58. The lowest BCUT2D eigenvalue weighted by molar-refractivity contribution is 0.131. The Labute approximate surface area is 118 Å². The van der Waals surface area contributed by atoms with Crippen LogP contribution in [0, 0.1) is 10.8 Å². The van der Waals surface area contributed by atoms with Gasteiger partial charge in [-0.15, -0.1) is 0 Å². The molecule has 0 amide bonds. The smallest absolute Gasteiger partial charge is 0.191 e. The normalized spacial score (nSPS) is 18.9. The van der Waals surface area contributed by atoms with E-state index in [1.54, 1.807) is 0 Å². The van der Waals surface area contributed by atoms with Gasteiger partial charge in [-0.1, -0.05) is 27.2 Å². The number of hydrogen-bond acceptors (Lipinski definition) is 2. The molecule has 1 saturated carbocycles. The van der Waals surface area contributed by atoms with Gasteiger partial charge in [-0.2, -0.15) is 0 Å². The lowest BCUT2D eigenvalue weighted by Gasteiger charge is -2.41. The second-order valence-electron chi connectivity index (χ2n) is 6.58. The van der Waals surface area contributed by atoms with Crippen LogP contribution >= 0.6 is 0 Å². The highest BCUT2D eigenvalue weighted by Crippen LogP contribution is 2.42. The standard InChI is InChI=1S/C15H31N3O/c1-5-15(8-7-9-15)11-18-13(16-6-2)17-10-14(3,4)12-19/h19H,5-12H2,1-4H3,(H2,16,17,18). The fourth-order valence-electron chi connectivity index (χ4n) is 2.29. The molecule has 3 N–H and O–H groups in total. The van der Waals surface area contributed by atoms with Crippen LogP contribution in [0.15, 0.2) is 4.99 Å². The number of aliphatic imine (C=N–C) groups is 1. The summed E-state index contributed by atoms with van der Waals surface area (Å²) in [6, 6.07) is 0. The molecule has 19 heavy (non-hydrogen) atoms. The molecule has 0 heterocycles. The molecule has 1 fully saturated rings. The second kappa shape index (κ2) is 7.13. The number of rotatable bonds is 7. The van der Waals surface area contributed by atoms with Crippen molar-refractivity contribution in [1.82, 2.24) is 10.6 Å². The topological polar surface area (TPSA) is 56.7 Å². The summed E-state index contributed by atoms with van der Waals surface area (Å²) in [6.07, 6.45) is 5.26. The first kappa shape index (κ1) is 16.3. The summed E-state index contributed by atoms with van der Waals surface area (Å²) >= 11 is 0. The van der Waals surface area contributed by atoms with Crippen molar-refractivity contribution in [1.29, 1.82) is 0 Å². The van der Waals surface area contributed by atoms with Crippen molar-refractivity contribution in [2.24, 2.45) is 15.8 Å². The van der Waals surface area contributed by atoms with Gasteiger partial charge in [0.15, 0.2) is 5.96 Å². The Kier molecular flexibility index (Phi) is 6.11. The molecule has 0 radical (unpaired) electrons. The fraction of sp³-hybridized carbons (Fsp3) is 0.933. The summed E-state index contributed by atoms with van der Waals surface area (Å²) in [7, 11) is 0. The molecule has 0 aromatic carbocycles. The van der Waals surface area contributed by atoms with Crippen LogP contribution < -0.4 is 10.6 Å². The van der Waals surface area contributed by atoms with E-state index in [0.29, 0.717) is 12.0 Å². The minimum absolute atomic E-state index is 0.152. The summed E-state index contributed by atoms with van der Waals surface area (Å²) in [5.74, 6) is 0.878. The van der Waals surface area contributed by atoms with E-state index in [2.05, 4.69) is 29.5 Å². The molecular formula is C15H31N3O. The van der Waals surface area contributed by atoms with Crippen LogP contribution in [-0.4, -0.2) is 37.3 Å². The number of hydrogen-bond donors (Lipinski definition) is 3. The van der Waals surface area contributed by atoms with Crippen LogP contribution in [0.25, 0.3) is 0 Å². The highest BCUT2D eigenvalue weighted by molar-refractivity contribution is 5.79. The molecule has 0 atom stereocenters. The minimum atomic E-state index is -0.152. The highest BCUT2D eigenvalue weighted by atomic mass is 16.3. The summed E-state index contributed by atoms with van der Waals surface area (Å²) in [5.41, 5.74) is 0.337. The van der Waals surface area contributed by atoms with Gasteiger partial charge in [0, 0.05) is 25.1 Å². The van der Waals surface area contributed by atoms with Gasteiger partial charge in [-0.3, -0.25) is 4.99 Å². The summed E-state index contributed by atoms with van der Waals surface area (Å²) in [6.45, 7) is 11.1. The van der Waals surface area contributed by atoms with E-state index in [1.165, 1.54) is 25.7 Å². The SMILES string of the molecule is CCNC(=NCC(C)(C)CO)NCC1(CC)CCC1. The molecule has 0 aliphatic heterocycles. The molecule has 0 aromatic heterocycles. The van der Waals surface area contributed by atoms with Crippen molar-refractivity contribution in [3.8, 4) is 0 Å². The van der Waals surface area contributed by atoms with Crippen molar-refractivity contribution in [2.75, 3.05) is 26.2 Å². The van der Waals surface area contributed by atoms with Crippen molar-refractivity contribution >= 4 is 5.96 Å². The summed E-state index contributed by atoms with van der Waals surface area (Å²) in [4.78, 5) is 4.59. The molecule has 0 spiro atoms. The van der Waals surface area contributed by atoms with E-state index >= 15 is 0 Å². The van der Waals surface area contributed by atoms with Gasteiger partial charge in [0.1, 0.15) is 0 Å². The van der Waals surface area contributed by atoms with Crippen molar-refractivity contribution in [3.63, 3.8) is 0 Å². The van der Waals surface area contributed by atoms with E-state index < -0.39 is 0 Å². The number of nitrogens with zero attached hydrogens (tertiary/aromatic N) is 1. The molecule has 4 nitrogen and oxygen atoms in total. The summed E-state index contributed by atoms with van der Waals surface area (Å²) in [5, 5.41) is 16.0. The lowest BCUT2D eigenvalue weighted by Crippen LogP contribution is -2.46. The van der Waals surface area contributed by atoms with Crippen molar-refractivity contribution < 1.29 is 5.11 Å². The molecule has 1 aliphatic carbocycles. The Bertz CT molecular complexity index is 290. The summed E-state index contributed by atoms with van der Waals surface area (Å²) < 4.78 is 0. The Hall–Kier alpha value is -0.770. The van der Waals surface area contributed by atoms with Crippen LogP contribution in [0.1, 0.15) is 53.4 Å². The van der Waals surface area contributed by atoms with Crippen molar-refractivity contribution in [2.45, 2.75) is 53.4 Å². The van der Waals surface area contributed by atoms with Gasteiger partial charge >= 0.3 is 0 Å². The molecule has 0 aromatic rings. The maximum Gasteiger partial charge on any atom is 0.191 e. The van der Waals surface area contributed by atoms with E-state index in [4.69, 9.17) is 0 Å². The van der Waals surface area contributed by atoms with E-state index in [0.717, 1.165) is 19.0 Å². The molecular weight excluding hydrogens is 238 g/mol. The number of aliphatic hydroxyl groups excluding tert-OH is 1. The molecule has 1 aliphatic rings. The molecule has 4 heteroatoms. The van der Waals surface area contributed by atoms with E-state index in [1.807, 2.05) is 13.8 Å². The maximum absolute atomic E-state index is 9.27. The van der Waals surface area contributed by atoms with Gasteiger partial charge < -0.3 is 15.7 Å². The predicted octanol–water partition coefficient (Wildman–Crippen LogP) is 2.14. The van der Waals surface area contributed by atoms with E-state index in [9.17, 15) is 5.11 Å². The minimum Gasteiger partial charge on any atom is -0.396 e. The van der Waals surface area contributed by atoms with Gasteiger partial charge in [0.2, 0.25) is 0 Å². The molecule has 1 rings (SSSR count). The molecule has 0 unspecified atom stereocenters. The van der Waals surface area contributed by atoms with Gasteiger partial charge in [-0.05, 0) is 31.6 Å². The van der Waals surface area contributed by atoms with Gasteiger partial charge in [0.05, 0.1) is 6.54 Å². The zero-order valence-corrected chi connectivity index (χ0v) is 13.1. The zero-order valence-electron chi connectivity index (χ0n) is 13.1. The maximum atomic E-state index is 9.27. The van der Waals surface area contributed by atoms with Crippen LogP contribution in [-0.2, 0) is 0 Å². The third-order valence-corrected chi connectivity index (χ3v) is 4.23. The van der Waals surface area contributed by atoms with Crippen LogP contribution in [0.4, 0.5) is 0 Å². The van der Waals surface area contributed by atoms with Crippen LogP contribution in [0.2, 0.25) is 0 Å². The Morgan fingerprint density at radius 2 is 1.95 bits per heavy atom. The average molecular weight is 269 g/mol. The first-order valence-electron chi connectivity index (χ1n) is 7.60. The average Bonchev–Trinajstić information content (AvgIpc) is 2.35. The Balaban J connectivity index is 2.50. The van der Waals surface area contributed by atoms with Gasteiger partial charge in [-0.25, -0.2) is 0 Å². The quantitative estimate of drug-likeness (QED) is 0.490. The monoisotopic (exact) mass is 269 g/mol. The van der Waals surface area contributed by atoms with Crippen LogP contribution in [0.5, 0.6) is 0 Å². The fourth-order valence-corrected chi connectivity index (χ4v) is 2.29. The largest absolute Gasteiger partial charge is 0.396 e. The third-order valence-electron chi connectivity index (χ3n) is 4.23. The van der Waals surface area contributed by atoms with Crippen LogP contribution in [0.3, 0.4) is 0 Å². The molecule has 0 bridgehead atoms. The number of guanidine groups is 1. The number of aliphatic hydroxyl groups is 1. The van der Waals surface area contributed by atoms with E-state index in [-0.39, 0.29) is 12.0 Å². The third kappa shape index (κ3) is 5.01. The van der Waals surface area contributed by atoms with Crippen molar-refractivity contribution in [3.05, 3.63) is 0 Å². The predicted molar refractivity (Wildman–Crippen MR) is 81.4 cm³/mol. The molecule has 0 saturated heterocycles. The zero-order chi connectivity index (χ0) is 14.4. The van der Waals surface area contributed by atoms with Gasteiger partial charge in [0.25, 0.3) is 0 Å². The Morgan fingerprint density at radius 1 is 1.26 bits per heavy atom. The first-order valence-corrected chi connectivity index (χ1v) is 7.60. The highest BCUT2D eigenvalue weighted by Gasteiger charge is 2.34. The first-order chi connectivity index (χ1) is 8.97. The lowest BCUT2D eigenvalue weighted by atomic mass is 9.67.